The van der Waals surface area contributed by atoms with Crippen molar-refractivity contribution >= 4 is 0 Å². The molecule has 1 nitrogen and oxygen atoms in total. The van der Waals surface area contributed by atoms with Crippen LogP contribution in [0.3, 0.4) is 0 Å². The number of rotatable bonds is 2. The molecule has 2 rings (SSSR count). The maximum atomic E-state index is 2.75. The topological polar surface area (TPSA) is 3.24 Å². The van der Waals surface area contributed by atoms with E-state index in [1.54, 1.807) is 0 Å². The molecule has 0 aromatic rings. The van der Waals surface area contributed by atoms with Gasteiger partial charge in [0.05, 0.1) is 0 Å². The Morgan fingerprint density at radius 1 is 0.875 bits per heavy atom. The summed E-state index contributed by atoms with van der Waals surface area (Å²) < 4.78 is 0. The van der Waals surface area contributed by atoms with Gasteiger partial charge in [-0.3, -0.25) is 0 Å². The number of likely N-dealkylation sites (tertiary alicyclic amines) is 1. The third-order valence-electron chi connectivity index (χ3n) is 5.20. The number of hydrogen-bond acceptors (Lipinski definition) is 1. The highest BCUT2D eigenvalue weighted by Gasteiger charge is 2.27. The number of piperidine rings is 1. The zero-order valence-corrected chi connectivity index (χ0v) is 11.4. The van der Waals surface area contributed by atoms with Crippen LogP contribution in [0, 0.1) is 23.7 Å². The lowest BCUT2D eigenvalue weighted by molar-refractivity contribution is 0.0947. The lowest BCUT2D eigenvalue weighted by Crippen LogP contribution is -2.42. The molecule has 1 heterocycles. The highest BCUT2D eigenvalue weighted by atomic mass is 15.1. The summed E-state index contributed by atoms with van der Waals surface area (Å²) in [5.74, 6) is 3.82. The number of nitrogens with zero attached hydrogens (tertiary/aromatic N) is 1. The van der Waals surface area contributed by atoms with Gasteiger partial charge in [-0.05, 0) is 43.1 Å². The number of hydrogen-bond donors (Lipinski definition) is 0. The molecule has 16 heavy (non-hydrogen) atoms. The Morgan fingerprint density at radius 2 is 1.62 bits per heavy atom. The summed E-state index contributed by atoms with van der Waals surface area (Å²) >= 11 is 0. The third-order valence-corrected chi connectivity index (χ3v) is 5.20. The first-order valence-corrected chi connectivity index (χ1v) is 7.39. The summed E-state index contributed by atoms with van der Waals surface area (Å²) in [5.41, 5.74) is 0. The van der Waals surface area contributed by atoms with E-state index in [2.05, 4.69) is 25.7 Å². The van der Waals surface area contributed by atoms with Crippen LogP contribution in [0.2, 0.25) is 0 Å². The first-order chi connectivity index (χ1) is 7.66. The monoisotopic (exact) mass is 223 g/mol. The van der Waals surface area contributed by atoms with E-state index in [1.807, 2.05) is 0 Å². The normalized spacial score (nSPS) is 42.2. The molecule has 0 amide bonds. The van der Waals surface area contributed by atoms with Gasteiger partial charge in [-0.2, -0.15) is 0 Å². The zero-order chi connectivity index (χ0) is 11.5. The van der Waals surface area contributed by atoms with E-state index in [0.717, 1.165) is 23.7 Å². The summed E-state index contributed by atoms with van der Waals surface area (Å²) in [6.07, 6.45) is 7.34. The predicted octanol–water partition coefficient (Wildman–Crippen LogP) is 3.79. The smallest absolute Gasteiger partial charge is 0.00123 e. The third kappa shape index (κ3) is 3.00. The second-order valence-electron chi connectivity index (χ2n) is 6.52. The van der Waals surface area contributed by atoms with Crippen LogP contribution >= 0.6 is 0 Å². The van der Waals surface area contributed by atoms with Gasteiger partial charge in [-0.25, -0.2) is 0 Å². The van der Waals surface area contributed by atoms with E-state index in [4.69, 9.17) is 0 Å². The Kier molecular flexibility index (Phi) is 4.29. The van der Waals surface area contributed by atoms with Crippen LogP contribution in [0.5, 0.6) is 0 Å². The molecule has 0 aromatic heterocycles. The van der Waals surface area contributed by atoms with Gasteiger partial charge in [0.25, 0.3) is 0 Å². The van der Waals surface area contributed by atoms with Crippen LogP contribution in [0.25, 0.3) is 0 Å². The van der Waals surface area contributed by atoms with Gasteiger partial charge in [0.15, 0.2) is 0 Å². The van der Waals surface area contributed by atoms with E-state index in [1.165, 1.54) is 51.7 Å². The fourth-order valence-corrected chi connectivity index (χ4v) is 3.51. The minimum atomic E-state index is 0.910. The first-order valence-electron chi connectivity index (χ1n) is 7.39. The molecule has 1 saturated carbocycles. The van der Waals surface area contributed by atoms with E-state index < -0.39 is 0 Å². The summed E-state index contributed by atoms with van der Waals surface area (Å²) in [7, 11) is 0. The summed E-state index contributed by atoms with van der Waals surface area (Å²) in [6.45, 7) is 11.4. The van der Waals surface area contributed by atoms with Crippen molar-refractivity contribution in [2.75, 3.05) is 19.6 Å². The van der Waals surface area contributed by atoms with Gasteiger partial charge in [-0.1, -0.05) is 40.0 Å². The molecular weight excluding hydrogens is 194 g/mol. The van der Waals surface area contributed by atoms with Crippen LogP contribution in [-0.2, 0) is 0 Å². The summed E-state index contributed by atoms with van der Waals surface area (Å²) in [5, 5.41) is 0. The molecule has 0 N–H and O–H groups in total. The molecule has 4 unspecified atom stereocenters. The molecule has 1 aliphatic heterocycles. The van der Waals surface area contributed by atoms with Crippen LogP contribution in [0.4, 0.5) is 0 Å². The fraction of sp³-hybridized carbons (Fsp3) is 1.00. The van der Waals surface area contributed by atoms with Crippen molar-refractivity contribution in [3.05, 3.63) is 0 Å². The Labute approximate surface area is 102 Å². The summed E-state index contributed by atoms with van der Waals surface area (Å²) in [4.78, 5) is 2.75. The second kappa shape index (κ2) is 5.53. The minimum absolute atomic E-state index is 0.910. The maximum Gasteiger partial charge on any atom is 0.00123 e. The van der Waals surface area contributed by atoms with Crippen LogP contribution in [0.1, 0.15) is 52.9 Å². The van der Waals surface area contributed by atoms with Crippen LogP contribution in [0.15, 0.2) is 0 Å². The zero-order valence-electron chi connectivity index (χ0n) is 11.4. The fourth-order valence-electron chi connectivity index (χ4n) is 3.51. The molecule has 1 saturated heterocycles. The molecule has 0 aromatic carbocycles. The standard InChI is InChI=1S/C15H29N/c1-12-8-9-16(10-14(12)3)11-15-7-5-4-6-13(15)2/h12-15H,4-11H2,1-3H3. The van der Waals surface area contributed by atoms with E-state index in [9.17, 15) is 0 Å². The lowest BCUT2D eigenvalue weighted by atomic mass is 9.79. The van der Waals surface area contributed by atoms with Crippen molar-refractivity contribution < 1.29 is 0 Å². The van der Waals surface area contributed by atoms with Crippen molar-refractivity contribution in [3.63, 3.8) is 0 Å². The van der Waals surface area contributed by atoms with E-state index >= 15 is 0 Å². The molecule has 1 heteroatoms. The van der Waals surface area contributed by atoms with Crippen LogP contribution in [-0.4, -0.2) is 24.5 Å². The molecule has 1 aliphatic carbocycles. The lowest BCUT2D eigenvalue weighted by Gasteiger charge is -2.39. The van der Waals surface area contributed by atoms with E-state index in [0.29, 0.717) is 0 Å². The highest BCUT2D eigenvalue weighted by molar-refractivity contribution is 4.80. The molecule has 94 valence electrons. The molecule has 2 aliphatic rings. The molecule has 0 radical (unpaired) electrons. The quantitative estimate of drug-likeness (QED) is 0.688. The second-order valence-corrected chi connectivity index (χ2v) is 6.52. The van der Waals surface area contributed by atoms with Gasteiger partial charge in [0.2, 0.25) is 0 Å². The van der Waals surface area contributed by atoms with Crippen molar-refractivity contribution in [3.8, 4) is 0 Å². The SMILES string of the molecule is CC1CCN(CC2CCCCC2C)CC1C. The Hall–Kier alpha value is -0.0400. The average Bonchev–Trinajstić information content (AvgIpc) is 2.27. The highest BCUT2D eigenvalue weighted by Crippen LogP contribution is 2.31. The van der Waals surface area contributed by atoms with Crippen molar-refractivity contribution in [1.82, 2.24) is 4.90 Å². The molecule has 4 atom stereocenters. The van der Waals surface area contributed by atoms with Gasteiger partial charge in [0, 0.05) is 13.1 Å². The van der Waals surface area contributed by atoms with E-state index in [-0.39, 0.29) is 0 Å². The maximum absolute atomic E-state index is 2.75. The summed E-state index contributed by atoms with van der Waals surface area (Å²) in [6, 6.07) is 0. The average molecular weight is 223 g/mol. The first kappa shape index (κ1) is 12.4. The largest absolute Gasteiger partial charge is 0.303 e. The molecule has 0 bridgehead atoms. The molecular formula is C15H29N. The van der Waals surface area contributed by atoms with Gasteiger partial charge in [0.1, 0.15) is 0 Å². The van der Waals surface area contributed by atoms with Crippen molar-refractivity contribution in [2.24, 2.45) is 23.7 Å². The predicted molar refractivity (Wildman–Crippen MR) is 70.5 cm³/mol. The Balaban J connectivity index is 1.80. The van der Waals surface area contributed by atoms with Crippen molar-refractivity contribution in [1.29, 1.82) is 0 Å². The van der Waals surface area contributed by atoms with Gasteiger partial charge >= 0.3 is 0 Å². The van der Waals surface area contributed by atoms with Gasteiger partial charge < -0.3 is 4.90 Å². The molecule has 2 fully saturated rings. The Morgan fingerprint density at radius 3 is 2.31 bits per heavy atom. The van der Waals surface area contributed by atoms with Crippen LogP contribution < -0.4 is 0 Å². The minimum Gasteiger partial charge on any atom is -0.303 e. The van der Waals surface area contributed by atoms with Gasteiger partial charge in [-0.15, -0.1) is 0 Å². The molecule has 0 spiro atoms. The Bertz CT molecular complexity index is 213. The van der Waals surface area contributed by atoms with Crippen molar-refractivity contribution in [2.45, 2.75) is 52.9 Å².